The number of ether oxygens (including phenoxy) is 1. The van der Waals surface area contributed by atoms with Gasteiger partial charge < -0.3 is 4.74 Å². The molecule has 0 aliphatic carbocycles. The molecule has 150 valence electrons. The SMILES string of the molecule is C=C/C=C(\C)c1cc(C)cc2cc[n+]([C@@H](C(C)C(C)C)[C@@H](C)OC)c(C=C)c12. The largest absolute Gasteiger partial charge is 0.375 e. The van der Waals surface area contributed by atoms with Crippen LogP contribution in [0.4, 0.5) is 0 Å². The van der Waals surface area contributed by atoms with E-state index >= 15 is 0 Å². The highest BCUT2D eigenvalue weighted by atomic mass is 16.5. The van der Waals surface area contributed by atoms with Crippen LogP contribution in [0.3, 0.4) is 0 Å². The molecule has 2 aromatic rings. The monoisotopic (exact) mass is 378 g/mol. The van der Waals surface area contributed by atoms with Gasteiger partial charge in [-0.25, -0.2) is 0 Å². The predicted octanol–water partition coefficient (Wildman–Crippen LogP) is 6.54. The molecule has 0 spiro atoms. The van der Waals surface area contributed by atoms with Gasteiger partial charge in [-0.15, -0.1) is 0 Å². The molecule has 3 atom stereocenters. The normalized spacial score (nSPS) is 15.5. The number of nitrogens with zero attached hydrogens (tertiary/aromatic N) is 1. The number of hydrogen-bond acceptors (Lipinski definition) is 1. The summed E-state index contributed by atoms with van der Waals surface area (Å²) in [6.45, 7) is 21.4. The molecule has 0 bridgehead atoms. The molecule has 2 nitrogen and oxygen atoms in total. The van der Waals surface area contributed by atoms with Gasteiger partial charge in [-0.2, -0.15) is 4.57 Å². The maximum absolute atomic E-state index is 5.81. The Morgan fingerprint density at radius 2 is 1.82 bits per heavy atom. The molecule has 0 N–H and O–H groups in total. The van der Waals surface area contributed by atoms with Crippen molar-refractivity contribution in [2.75, 3.05) is 7.11 Å². The van der Waals surface area contributed by atoms with Crippen LogP contribution in [0.15, 0.2) is 49.7 Å². The van der Waals surface area contributed by atoms with Crippen molar-refractivity contribution in [2.45, 2.75) is 53.7 Å². The number of aryl methyl sites for hydroxylation is 1. The zero-order valence-corrected chi connectivity index (χ0v) is 18.6. The summed E-state index contributed by atoms with van der Waals surface area (Å²) in [7, 11) is 1.80. The van der Waals surface area contributed by atoms with Gasteiger partial charge in [-0.1, -0.05) is 58.2 Å². The summed E-state index contributed by atoms with van der Waals surface area (Å²) >= 11 is 0. The van der Waals surface area contributed by atoms with Gasteiger partial charge in [0.25, 0.3) is 0 Å². The highest BCUT2D eigenvalue weighted by Gasteiger charge is 2.36. The Balaban J connectivity index is 2.90. The third-order valence-electron chi connectivity index (χ3n) is 6.01. The average Bonchev–Trinajstić information content (AvgIpc) is 2.66. The fourth-order valence-electron chi connectivity index (χ4n) is 4.09. The molecule has 1 aromatic carbocycles. The number of hydrogen-bond donors (Lipinski definition) is 0. The highest BCUT2D eigenvalue weighted by Crippen LogP contribution is 2.32. The van der Waals surface area contributed by atoms with Crippen molar-refractivity contribution in [2.24, 2.45) is 11.8 Å². The van der Waals surface area contributed by atoms with Crippen LogP contribution in [0.2, 0.25) is 0 Å². The first-order valence-corrected chi connectivity index (χ1v) is 10.2. The Labute approximate surface area is 171 Å². The number of rotatable bonds is 8. The van der Waals surface area contributed by atoms with Crippen LogP contribution >= 0.6 is 0 Å². The van der Waals surface area contributed by atoms with Crippen LogP contribution in [0, 0.1) is 18.8 Å². The van der Waals surface area contributed by atoms with Crippen LogP contribution in [0.1, 0.15) is 57.5 Å². The molecule has 2 rings (SSSR count). The second-order valence-electron chi connectivity index (χ2n) is 8.21. The van der Waals surface area contributed by atoms with Crippen LogP contribution in [0.25, 0.3) is 22.4 Å². The first-order valence-electron chi connectivity index (χ1n) is 10.2. The summed E-state index contributed by atoms with van der Waals surface area (Å²) in [6, 6.07) is 6.95. The maximum atomic E-state index is 5.81. The minimum Gasteiger partial charge on any atom is -0.375 e. The van der Waals surface area contributed by atoms with E-state index in [0.717, 1.165) is 5.69 Å². The molecule has 1 unspecified atom stereocenters. The van der Waals surface area contributed by atoms with Crippen molar-refractivity contribution >= 4 is 22.4 Å². The van der Waals surface area contributed by atoms with E-state index in [1.165, 1.54) is 27.5 Å². The fourth-order valence-corrected chi connectivity index (χ4v) is 4.09. The molecule has 28 heavy (non-hydrogen) atoms. The summed E-state index contributed by atoms with van der Waals surface area (Å²) in [5.41, 5.74) is 4.84. The number of pyridine rings is 1. The molecule has 0 aliphatic rings. The summed E-state index contributed by atoms with van der Waals surface area (Å²) < 4.78 is 8.17. The topological polar surface area (TPSA) is 13.1 Å². The average molecular weight is 379 g/mol. The van der Waals surface area contributed by atoms with Gasteiger partial charge in [0.1, 0.15) is 6.10 Å². The minimum atomic E-state index is 0.0947. The van der Waals surface area contributed by atoms with E-state index in [1.807, 2.05) is 12.2 Å². The van der Waals surface area contributed by atoms with E-state index < -0.39 is 0 Å². The van der Waals surface area contributed by atoms with Crippen molar-refractivity contribution in [3.05, 3.63) is 66.5 Å². The smallest absolute Gasteiger partial charge is 0.213 e. The number of allylic oxidation sites excluding steroid dienone is 3. The van der Waals surface area contributed by atoms with Crippen molar-refractivity contribution in [3.63, 3.8) is 0 Å². The Hall–Kier alpha value is -2.19. The number of methoxy groups -OCH3 is 1. The number of benzene rings is 1. The maximum Gasteiger partial charge on any atom is 0.213 e. The lowest BCUT2D eigenvalue weighted by molar-refractivity contribution is -0.738. The first kappa shape index (κ1) is 22.1. The zero-order chi connectivity index (χ0) is 21.0. The van der Waals surface area contributed by atoms with E-state index in [9.17, 15) is 0 Å². The fraction of sp³-hybridized carbons (Fsp3) is 0.423. The number of fused-ring (bicyclic) bond motifs is 1. The lowest BCUT2D eigenvalue weighted by atomic mass is 9.86. The Morgan fingerprint density at radius 3 is 2.36 bits per heavy atom. The minimum absolute atomic E-state index is 0.0947. The van der Waals surface area contributed by atoms with E-state index in [-0.39, 0.29) is 12.1 Å². The molecule has 0 aliphatic heterocycles. The molecule has 0 saturated carbocycles. The summed E-state index contributed by atoms with van der Waals surface area (Å²) in [6.07, 6.45) is 8.21. The Bertz CT molecular complexity index is 891. The van der Waals surface area contributed by atoms with Gasteiger partial charge in [-0.3, -0.25) is 0 Å². The van der Waals surface area contributed by atoms with Gasteiger partial charge in [0.15, 0.2) is 12.2 Å². The molecule has 0 fully saturated rings. The predicted molar refractivity (Wildman–Crippen MR) is 122 cm³/mol. The van der Waals surface area contributed by atoms with Gasteiger partial charge >= 0.3 is 0 Å². The van der Waals surface area contributed by atoms with Crippen molar-refractivity contribution in [3.8, 4) is 0 Å². The van der Waals surface area contributed by atoms with Gasteiger partial charge in [0.05, 0.1) is 5.39 Å². The van der Waals surface area contributed by atoms with E-state index in [2.05, 4.69) is 89.7 Å². The summed E-state index contributed by atoms with van der Waals surface area (Å²) in [5.74, 6) is 0.998. The second-order valence-corrected chi connectivity index (χ2v) is 8.21. The van der Waals surface area contributed by atoms with Gasteiger partial charge in [0.2, 0.25) is 5.69 Å². The Morgan fingerprint density at radius 1 is 1.14 bits per heavy atom. The second kappa shape index (κ2) is 9.34. The molecule has 1 heterocycles. The lowest BCUT2D eigenvalue weighted by Gasteiger charge is -2.28. The number of aromatic nitrogens is 1. The third-order valence-corrected chi connectivity index (χ3v) is 6.01. The molecule has 0 radical (unpaired) electrons. The highest BCUT2D eigenvalue weighted by molar-refractivity contribution is 5.97. The van der Waals surface area contributed by atoms with Gasteiger partial charge in [0, 0.05) is 25.2 Å². The van der Waals surface area contributed by atoms with Crippen LogP contribution in [0.5, 0.6) is 0 Å². The molecular formula is C26H36NO+. The standard InChI is InChI=1S/C26H36NO/c1-10-12-19(6)23-16-18(5)15-22-13-14-27(24(11-2)25(22)23)26(21(8)28-9)20(7)17(3)4/h10-17,20-21,26H,1-2H2,3-9H3/q+1/b19-12+/t20?,21-,26+/m1/s1. The molecule has 1 aromatic heterocycles. The van der Waals surface area contributed by atoms with Crippen LogP contribution in [-0.2, 0) is 4.74 Å². The first-order chi connectivity index (χ1) is 13.3. The van der Waals surface area contributed by atoms with E-state index in [4.69, 9.17) is 4.74 Å². The van der Waals surface area contributed by atoms with Crippen LogP contribution < -0.4 is 4.57 Å². The van der Waals surface area contributed by atoms with E-state index in [0.29, 0.717) is 11.8 Å². The Kier molecular flexibility index (Phi) is 7.37. The third kappa shape index (κ3) is 4.28. The molecular weight excluding hydrogens is 342 g/mol. The van der Waals surface area contributed by atoms with Crippen molar-refractivity contribution < 1.29 is 9.30 Å². The molecule has 2 heteroatoms. The van der Waals surface area contributed by atoms with Crippen LogP contribution in [-0.4, -0.2) is 13.2 Å². The summed E-state index contributed by atoms with van der Waals surface area (Å²) in [4.78, 5) is 0. The van der Waals surface area contributed by atoms with Crippen molar-refractivity contribution in [1.82, 2.24) is 0 Å². The molecule has 0 saturated heterocycles. The van der Waals surface area contributed by atoms with Crippen molar-refractivity contribution in [1.29, 1.82) is 0 Å². The van der Waals surface area contributed by atoms with Gasteiger partial charge in [-0.05, 0) is 48.8 Å². The molecule has 0 amide bonds. The lowest BCUT2D eigenvalue weighted by Crippen LogP contribution is -2.51. The summed E-state index contributed by atoms with van der Waals surface area (Å²) in [5, 5.41) is 2.47. The van der Waals surface area contributed by atoms with E-state index in [1.54, 1.807) is 7.11 Å². The quantitative estimate of drug-likeness (QED) is 0.376. The zero-order valence-electron chi connectivity index (χ0n) is 18.6.